The maximum atomic E-state index is 15.1. The van der Waals surface area contributed by atoms with E-state index in [2.05, 4.69) is 39.0 Å². The minimum absolute atomic E-state index is 0.264. The molecule has 0 spiro atoms. The van der Waals surface area contributed by atoms with Crippen LogP contribution in [0.15, 0.2) is 66.9 Å². The second kappa shape index (κ2) is 9.40. The first-order chi connectivity index (χ1) is 17.2. The van der Waals surface area contributed by atoms with Crippen molar-refractivity contribution in [1.29, 1.82) is 0 Å². The van der Waals surface area contributed by atoms with Crippen LogP contribution in [-0.2, 0) is 0 Å². The van der Waals surface area contributed by atoms with E-state index >= 15 is 4.48 Å². The molecule has 0 radical (unpaired) electrons. The van der Waals surface area contributed by atoms with Gasteiger partial charge in [0.15, 0.2) is 0 Å². The SMILES string of the molecule is COc1ccc2cccc(N3CCN(C4CCN(F)C(c5cccc6cccnc56)C4)CC3)c2n1. The van der Waals surface area contributed by atoms with Crippen LogP contribution < -0.4 is 9.64 Å². The molecule has 4 heterocycles. The van der Waals surface area contributed by atoms with Crippen molar-refractivity contribution in [3.05, 3.63) is 72.4 Å². The van der Waals surface area contributed by atoms with E-state index in [0.29, 0.717) is 18.5 Å². The summed E-state index contributed by atoms with van der Waals surface area (Å²) in [6, 6.07) is 20.5. The highest BCUT2D eigenvalue weighted by Gasteiger charge is 2.35. The number of hydrogen-bond acceptors (Lipinski definition) is 6. The summed E-state index contributed by atoms with van der Waals surface area (Å²) in [7, 11) is 1.65. The van der Waals surface area contributed by atoms with Crippen molar-refractivity contribution >= 4 is 27.5 Å². The number of anilines is 1. The summed E-state index contributed by atoms with van der Waals surface area (Å²) in [5.41, 5.74) is 4.03. The molecule has 2 saturated heterocycles. The molecular weight excluding hydrogens is 441 g/mol. The van der Waals surface area contributed by atoms with Crippen LogP contribution in [0.2, 0.25) is 0 Å². The molecule has 35 heavy (non-hydrogen) atoms. The van der Waals surface area contributed by atoms with E-state index in [1.54, 1.807) is 13.3 Å². The van der Waals surface area contributed by atoms with Gasteiger partial charge in [-0.05, 0) is 36.6 Å². The Morgan fingerprint density at radius 2 is 1.63 bits per heavy atom. The van der Waals surface area contributed by atoms with Crippen molar-refractivity contribution in [3.63, 3.8) is 0 Å². The average molecular weight is 472 g/mol. The van der Waals surface area contributed by atoms with Gasteiger partial charge in [0.1, 0.15) is 0 Å². The van der Waals surface area contributed by atoms with E-state index in [9.17, 15) is 0 Å². The molecule has 0 bridgehead atoms. The van der Waals surface area contributed by atoms with Crippen LogP contribution in [0.3, 0.4) is 0 Å². The third-order valence-corrected chi connectivity index (χ3v) is 7.59. The van der Waals surface area contributed by atoms with Gasteiger partial charge in [-0.25, -0.2) is 4.98 Å². The monoisotopic (exact) mass is 471 g/mol. The fourth-order valence-corrected chi connectivity index (χ4v) is 5.73. The summed E-state index contributed by atoms with van der Waals surface area (Å²) in [6.45, 7) is 4.21. The van der Waals surface area contributed by atoms with Crippen LogP contribution in [0, 0.1) is 0 Å². The first kappa shape index (κ1) is 22.2. The Labute approximate surface area is 204 Å². The molecule has 2 aliphatic rings. The van der Waals surface area contributed by atoms with E-state index < -0.39 is 0 Å². The minimum atomic E-state index is -0.264. The lowest BCUT2D eigenvalue weighted by atomic mass is 9.91. The Morgan fingerprint density at radius 1 is 0.857 bits per heavy atom. The highest BCUT2D eigenvalue weighted by atomic mass is 19.2. The minimum Gasteiger partial charge on any atom is -0.481 e. The highest BCUT2D eigenvalue weighted by molar-refractivity contribution is 5.91. The summed E-state index contributed by atoms with van der Waals surface area (Å²) in [5, 5.41) is 3.20. The van der Waals surface area contributed by atoms with Crippen LogP contribution >= 0.6 is 0 Å². The van der Waals surface area contributed by atoms with Gasteiger partial charge in [-0.3, -0.25) is 9.88 Å². The van der Waals surface area contributed by atoms with Crippen LogP contribution in [0.25, 0.3) is 21.8 Å². The van der Waals surface area contributed by atoms with Gasteiger partial charge in [-0.15, -0.1) is 9.60 Å². The van der Waals surface area contributed by atoms with Gasteiger partial charge in [0.05, 0.1) is 29.9 Å². The molecule has 6 rings (SSSR count). The molecule has 7 heteroatoms. The Kier molecular flexibility index (Phi) is 5.96. The van der Waals surface area contributed by atoms with Crippen molar-refractivity contribution in [2.45, 2.75) is 24.9 Å². The number of fused-ring (bicyclic) bond motifs is 2. The Bertz CT molecular complexity index is 1330. The van der Waals surface area contributed by atoms with Crippen molar-refractivity contribution in [2.24, 2.45) is 0 Å². The molecule has 0 saturated carbocycles. The van der Waals surface area contributed by atoms with Crippen molar-refractivity contribution < 1.29 is 9.22 Å². The molecule has 180 valence electrons. The first-order valence-electron chi connectivity index (χ1n) is 12.4. The maximum absolute atomic E-state index is 15.1. The summed E-state index contributed by atoms with van der Waals surface area (Å²) >= 11 is 0. The zero-order valence-electron chi connectivity index (χ0n) is 20.0. The largest absolute Gasteiger partial charge is 0.481 e. The maximum Gasteiger partial charge on any atom is 0.213 e. The van der Waals surface area contributed by atoms with Gasteiger partial charge in [0.25, 0.3) is 0 Å². The Balaban J connectivity index is 1.19. The summed E-state index contributed by atoms with van der Waals surface area (Å²) in [4.78, 5) is 14.3. The standard InChI is InChI=1S/C28H30FN5O/c1-35-26-11-10-21-6-3-9-24(28(21)31-26)33-17-15-32(16-18-33)22-12-14-34(29)25(19-22)23-8-2-5-20-7-4-13-30-27(20)23/h2-11,13,22,25H,12,14-19H2,1H3. The second-order valence-corrected chi connectivity index (χ2v) is 9.47. The number of piperidine rings is 1. The van der Waals surface area contributed by atoms with E-state index in [1.165, 1.54) is 0 Å². The van der Waals surface area contributed by atoms with Crippen molar-refractivity contribution in [3.8, 4) is 5.88 Å². The van der Waals surface area contributed by atoms with E-state index in [4.69, 9.17) is 9.72 Å². The quantitative estimate of drug-likeness (QED) is 0.390. The van der Waals surface area contributed by atoms with Crippen molar-refractivity contribution in [1.82, 2.24) is 20.0 Å². The molecular formula is C28H30FN5O. The Morgan fingerprint density at radius 3 is 2.46 bits per heavy atom. The molecule has 0 amide bonds. The van der Waals surface area contributed by atoms with Crippen LogP contribution in [0.4, 0.5) is 10.2 Å². The predicted octanol–water partition coefficient (Wildman–Crippen LogP) is 5.00. The van der Waals surface area contributed by atoms with Gasteiger partial charge >= 0.3 is 0 Å². The number of pyridine rings is 2. The van der Waals surface area contributed by atoms with E-state index in [1.807, 2.05) is 36.4 Å². The average Bonchev–Trinajstić information content (AvgIpc) is 2.92. The number of ether oxygens (including phenoxy) is 1. The highest BCUT2D eigenvalue weighted by Crippen LogP contribution is 2.37. The van der Waals surface area contributed by atoms with Crippen LogP contribution in [-0.4, -0.2) is 65.9 Å². The lowest BCUT2D eigenvalue weighted by Gasteiger charge is -2.44. The van der Waals surface area contributed by atoms with Gasteiger partial charge in [-0.2, -0.15) is 0 Å². The topological polar surface area (TPSA) is 44.7 Å². The third kappa shape index (κ3) is 4.19. The molecule has 0 aliphatic carbocycles. The lowest BCUT2D eigenvalue weighted by Crippen LogP contribution is -2.53. The Hall–Kier alpha value is -3.29. The smallest absolute Gasteiger partial charge is 0.213 e. The number of nitrogens with zero attached hydrogens (tertiary/aromatic N) is 5. The first-order valence-corrected chi connectivity index (χ1v) is 12.4. The predicted molar refractivity (Wildman–Crippen MR) is 137 cm³/mol. The molecule has 2 atom stereocenters. The van der Waals surface area contributed by atoms with Gasteiger partial charge in [0, 0.05) is 61.8 Å². The molecule has 2 aromatic carbocycles. The number of halogens is 1. The fourth-order valence-electron chi connectivity index (χ4n) is 5.73. The molecule has 2 aliphatic heterocycles. The number of para-hydroxylation sites is 2. The number of benzene rings is 2. The number of rotatable bonds is 4. The molecule has 2 fully saturated rings. The lowest BCUT2D eigenvalue weighted by molar-refractivity contribution is -0.0693. The fraction of sp³-hybridized carbons (Fsp3) is 0.357. The molecule has 2 aromatic heterocycles. The molecule has 4 aromatic rings. The van der Waals surface area contributed by atoms with E-state index in [0.717, 1.165) is 77.2 Å². The van der Waals surface area contributed by atoms with Crippen LogP contribution in [0.1, 0.15) is 24.4 Å². The van der Waals surface area contributed by atoms with Crippen molar-refractivity contribution in [2.75, 3.05) is 44.7 Å². The van der Waals surface area contributed by atoms with Gasteiger partial charge in [-0.1, -0.05) is 36.4 Å². The van der Waals surface area contributed by atoms with Crippen LogP contribution in [0.5, 0.6) is 5.88 Å². The van der Waals surface area contributed by atoms with Gasteiger partial charge < -0.3 is 9.64 Å². The molecule has 6 nitrogen and oxygen atoms in total. The number of methoxy groups -OCH3 is 1. The summed E-state index contributed by atoms with van der Waals surface area (Å²) in [6.07, 6.45) is 3.42. The molecule has 0 N–H and O–H groups in total. The summed E-state index contributed by atoms with van der Waals surface area (Å²) in [5.74, 6) is 0.635. The normalized spacial score (nSPS) is 22.1. The van der Waals surface area contributed by atoms with Gasteiger partial charge in [0.2, 0.25) is 5.88 Å². The zero-order chi connectivity index (χ0) is 23.8. The number of piperazine rings is 1. The molecule has 2 unspecified atom stereocenters. The second-order valence-electron chi connectivity index (χ2n) is 9.47. The number of hydrogen-bond donors (Lipinski definition) is 0. The summed E-state index contributed by atoms with van der Waals surface area (Å²) < 4.78 is 20.4. The van der Waals surface area contributed by atoms with E-state index in [-0.39, 0.29) is 6.04 Å². The third-order valence-electron chi connectivity index (χ3n) is 7.59. The zero-order valence-corrected chi connectivity index (χ0v) is 20.0. The number of aromatic nitrogens is 2.